The van der Waals surface area contributed by atoms with E-state index in [4.69, 9.17) is 29.0 Å². The van der Waals surface area contributed by atoms with E-state index in [2.05, 4.69) is 5.43 Å². The SMILES string of the molecule is NNC(c1ccc(F)cc1F)c1cccc(Cl)c1Cl. The van der Waals surface area contributed by atoms with Gasteiger partial charge in [0.05, 0.1) is 16.1 Å². The van der Waals surface area contributed by atoms with Crippen molar-refractivity contribution in [2.75, 3.05) is 0 Å². The van der Waals surface area contributed by atoms with Crippen LogP contribution in [0.4, 0.5) is 8.78 Å². The number of benzene rings is 2. The lowest BCUT2D eigenvalue weighted by Crippen LogP contribution is -2.29. The fourth-order valence-electron chi connectivity index (χ4n) is 1.83. The highest BCUT2D eigenvalue weighted by Gasteiger charge is 2.20. The maximum atomic E-state index is 13.8. The molecule has 0 spiro atoms. The van der Waals surface area contributed by atoms with E-state index < -0.39 is 17.7 Å². The van der Waals surface area contributed by atoms with Crippen molar-refractivity contribution in [3.63, 3.8) is 0 Å². The minimum atomic E-state index is -0.716. The molecule has 2 rings (SSSR count). The number of halogens is 4. The minimum Gasteiger partial charge on any atom is -0.271 e. The predicted octanol–water partition coefficient (Wildman–Crippen LogP) is 3.82. The number of hydrazine groups is 1. The van der Waals surface area contributed by atoms with Gasteiger partial charge in [-0.2, -0.15) is 0 Å². The quantitative estimate of drug-likeness (QED) is 0.668. The second kappa shape index (κ2) is 5.84. The molecule has 0 fully saturated rings. The molecule has 1 unspecified atom stereocenters. The maximum absolute atomic E-state index is 13.8. The van der Waals surface area contributed by atoms with Gasteiger partial charge in [0.1, 0.15) is 11.6 Å². The molecule has 0 amide bonds. The van der Waals surface area contributed by atoms with Crippen LogP contribution in [0.1, 0.15) is 17.2 Å². The Morgan fingerprint density at radius 1 is 1.05 bits per heavy atom. The monoisotopic (exact) mass is 302 g/mol. The Hall–Kier alpha value is -1.20. The summed E-state index contributed by atoms with van der Waals surface area (Å²) in [5.74, 6) is 4.08. The zero-order chi connectivity index (χ0) is 14.0. The van der Waals surface area contributed by atoms with Crippen molar-refractivity contribution in [1.82, 2.24) is 5.43 Å². The topological polar surface area (TPSA) is 38.0 Å². The van der Waals surface area contributed by atoms with E-state index in [1.807, 2.05) is 0 Å². The van der Waals surface area contributed by atoms with Crippen LogP contribution in [0.2, 0.25) is 10.0 Å². The molecule has 0 aliphatic rings. The molecule has 2 nitrogen and oxygen atoms in total. The van der Waals surface area contributed by atoms with Crippen molar-refractivity contribution in [2.24, 2.45) is 5.84 Å². The standard InChI is InChI=1S/C13H10Cl2F2N2/c14-10-3-1-2-9(12(10)15)13(19-18)8-5-4-7(16)6-11(8)17/h1-6,13,19H,18H2. The predicted molar refractivity (Wildman–Crippen MR) is 72.0 cm³/mol. The molecule has 2 aromatic rings. The van der Waals surface area contributed by atoms with Crippen LogP contribution < -0.4 is 11.3 Å². The van der Waals surface area contributed by atoms with Gasteiger partial charge in [-0.15, -0.1) is 0 Å². The molecule has 0 heterocycles. The molecule has 1 atom stereocenters. The van der Waals surface area contributed by atoms with E-state index in [0.29, 0.717) is 10.6 Å². The van der Waals surface area contributed by atoms with Crippen LogP contribution in [0.3, 0.4) is 0 Å². The molecular weight excluding hydrogens is 293 g/mol. The lowest BCUT2D eigenvalue weighted by atomic mass is 9.98. The highest BCUT2D eigenvalue weighted by atomic mass is 35.5. The first kappa shape index (κ1) is 14.2. The van der Waals surface area contributed by atoms with Gasteiger partial charge in [-0.1, -0.05) is 41.4 Å². The first-order valence-electron chi connectivity index (χ1n) is 5.39. The zero-order valence-electron chi connectivity index (χ0n) is 9.63. The molecule has 0 aliphatic heterocycles. The maximum Gasteiger partial charge on any atom is 0.131 e. The van der Waals surface area contributed by atoms with E-state index in [1.165, 1.54) is 6.07 Å². The van der Waals surface area contributed by atoms with Gasteiger partial charge in [-0.3, -0.25) is 5.84 Å². The van der Waals surface area contributed by atoms with Crippen molar-refractivity contribution >= 4 is 23.2 Å². The van der Waals surface area contributed by atoms with Crippen molar-refractivity contribution in [2.45, 2.75) is 6.04 Å². The van der Waals surface area contributed by atoms with Gasteiger partial charge in [-0.25, -0.2) is 14.2 Å². The summed E-state index contributed by atoms with van der Waals surface area (Å²) in [7, 11) is 0. The van der Waals surface area contributed by atoms with Crippen molar-refractivity contribution in [3.05, 3.63) is 69.2 Å². The number of hydrogen-bond donors (Lipinski definition) is 2. The Bertz CT molecular complexity index is 605. The number of rotatable bonds is 3. The van der Waals surface area contributed by atoms with Gasteiger partial charge in [0.15, 0.2) is 0 Å². The molecule has 19 heavy (non-hydrogen) atoms. The first-order valence-corrected chi connectivity index (χ1v) is 6.15. The Kier molecular flexibility index (Phi) is 4.37. The molecule has 0 saturated heterocycles. The molecule has 2 aromatic carbocycles. The third kappa shape index (κ3) is 2.87. The summed E-state index contributed by atoms with van der Waals surface area (Å²) in [5, 5.41) is 0.609. The van der Waals surface area contributed by atoms with E-state index >= 15 is 0 Å². The highest BCUT2D eigenvalue weighted by Crippen LogP contribution is 2.33. The van der Waals surface area contributed by atoms with E-state index in [-0.39, 0.29) is 10.6 Å². The summed E-state index contributed by atoms with van der Waals surface area (Å²) in [6.07, 6.45) is 0. The fourth-order valence-corrected chi connectivity index (χ4v) is 2.24. The Balaban J connectivity index is 2.53. The molecule has 0 aromatic heterocycles. The second-order valence-electron chi connectivity index (χ2n) is 3.91. The minimum absolute atomic E-state index is 0.188. The van der Waals surface area contributed by atoms with Crippen LogP contribution in [0.5, 0.6) is 0 Å². The fraction of sp³-hybridized carbons (Fsp3) is 0.0769. The normalized spacial score (nSPS) is 12.5. The van der Waals surface area contributed by atoms with Gasteiger partial charge in [0.25, 0.3) is 0 Å². The summed E-state index contributed by atoms with van der Waals surface area (Å²) in [6.45, 7) is 0. The van der Waals surface area contributed by atoms with Gasteiger partial charge in [0, 0.05) is 11.6 Å². The third-order valence-electron chi connectivity index (χ3n) is 2.73. The summed E-state index contributed by atoms with van der Waals surface area (Å²) in [5.41, 5.74) is 3.16. The van der Waals surface area contributed by atoms with E-state index in [9.17, 15) is 8.78 Å². The van der Waals surface area contributed by atoms with Crippen molar-refractivity contribution in [3.8, 4) is 0 Å². The van der Waals surface area contributed by atoms with Gasteiger partial charge < -0.3 is 0 Å². The van der Waals surface area contributed by atoms with Crippen LogP contribution in [0.25, 0.3) is 0 Å². The Morgan fingerprint density at radius 3 is 2.42 bits per heavy atom. The zero-order valence-corrected chi connectivity index (χ0v) is 11.1. The summed E-state index contributed by atoms with van der Waals surface area (Å²) >= 11 is 12.0. The highest BCUT2D eigenvalue weighted by molar-refractivity contribution is 6.42. The van der Waals surface area contributed by atoms with Crippen LogP contribution in [0, 0.1) is 11.6 Å². The molecule has 0 saturated carbocycles. The van der Waals surface area contributed by atoms with Crippen LogP contribution in [-0.2, 0) is 0 Å². The Morgan fingerprint density at radius 2 is 1.79 bits per heavy atom. The lowest BCUT2D eigenvalue weighted by Gasteiger charge is -2.19. The van der Waals surface area contributed by atoms with Crippen LogP contribution in [0.15, 0.2) is 36.4 Å². The molecule has 3 N–H and O–H groups in total. The summed E-state index contributed by atoms with van der Waals surface area (Å²) < 4.78 is 26.7. The van der Waals surface area contributed by atoms with Gasteiger partial charge in [0.2, 0.25) is 0 Å². The molecule has 100 valence electrons. The van der Waals surface area contributed by atoms with Crippen LogP contribution >= 0.6 is 23.2 Å². The number of hydrogen-bond acceptors (Lipinski definition) is 2. The average Bonchev–Trinajstić information content (AvgIpc) is 2.37. The molecule has 6 heteroatoms. The Labute approximate surface area is 119 Å². The molecule has 0 aliphatic carbocycles. The lowest BCUT2D eigenvalue weighted by molar-refractivity contribution is 0.541. The van der Waals surface area contributed by atoms with Crippen molar-refractivity contribution in [1.29, 1.82) is 0 Å². The number of nitrogens with two attached hydrogens (primary N) is 1. The summed E-state index contributed by atoms with van der Waals surface area (Å²) in [4.78, 5) is 0. The second-order valence-corrected chi connectivity index (χ2v) is 4.69. The molecular formula is C13H10Cl2F2N2. The third-order valence-corrected chi connectivity index (χ3v) is 3.57. The summed E-state index contributed by atoms with van der Waals surface area (Å²) in [6, 6.07) is 7.50. The average molecular weight is 303 g/mol. The largest absolute Gasteiger partial charge is 0.271 e. The molecule has 0 radical (unpaired) electrons. The van der Waals surface area contributed by atoms with E-state index in [1.54, 1.807) is 18.2 Å². The van der Waals surface area contributed by atoms with Gasteiger partial charge in [-0.05, 0) is 17.7 Å². The number of nitrogens with one attached hydrogen (secondary N) is 1. The smallest absolute Gasteiger partial charge is 0.131 e. The van der Waals surface area contributed by atoms with E-state index in [0.717, 1.165) is 12.1 Å². The van der Waals surface area contributed by atoms with Gasteiger partial charge >= 0.3 is 0 Å². The molecule has 0 bridgehead atoms. The van der Waals surface area contributed by atoms with Crippen LogP contribution in [-0.4, -0.2) is 0 Å². The van der Waals surface area contributed by atoms with Crippen molar-refractivity contribution < 1.29 is 8.78 Å². The first-order chi connectivity index (χ1) is 9.04.